The molecular weight excluding hydrogens is 209 g/mol. The van der Waals surface area contributed by atoms with E-state index in [9.17, 15) is 9.18 Å². The van der Waals surface area contributed by atoms with E-state index >= 15 is 0 Å². The van der Waals surface area contributed by atoms with Crippen molar-refractivity contribution in [2.24, 2.45) is 5.41 Å². The van der Waals surface area contributed by atoms with Crippen molar-refractivity contribution in [1.82, 2.24) is 5.48 Å². The quantitative estimate of drug-likeness (QED) is 0.793. The molecule has 2 rings (SSSR count). The van der Waals surface area contributed by atoms with Crippen LogP contribution in [-0.2, 0) is 16.2 Å². The van der Waals surface area contributed by atoms with Crippen molar-refractivity contribution >= 4 is 5.91 Å². The lowest BCUT2D eigenvalue weighted by atomic mass is 10.1. The topological polar surface area (TPSA) is 38.3 Å². The van der Waals surface area contributed by atoms with Crippen molar-refractivity contribution in [2.75, 3.05) is 0 Å². The van der Waals surface area contributed by atoms with Gasteiger partial charge in [-0.3, -0.25) is 9.63 Å². The molecule has 1 amide bonds. The smallest absolute Gasteiger partial charge is 0.252 e. The Bertz CT molecular complexity index is 382. The van der Waals surface area contributed by atoms with Crippen LogP contribution in [0.2, 0.25) is 0 Å². The van der Waals surface area contributed by atoms with Gasteiger partial charge < -0.3 is 0 Å². The van der Waals surface area contributed by atoms with Crippen LogP contribution in [0.5, 0.6) is 0 Å². The summed E-state index contributed by atoms with van der Waals surface area (Å²) in [5.74, 6) is -0.379. The fourth-order valence-electron chi connectivity index (χ4n) is 1.42. The first kappa shape index (κ1) is 11.1. The molecule has 0 saturated heterocycles. The van der Waals surface area contributed by atoms with Crippen LogP contribution in [0.25, 0.3) is 0 Å². The first-order chi connectivity index (χ1) is 7.63. The summed E-state index contributed by atoms with van der Waals surface area (Å²) in [6.07, 6.45) is -0.749. The Morgan fingerprint density at radius 3 is 2.75 bits per heavy atom. The van der Waals surface area contributed by atoms with Gasteiger partial charge in [-0.2, -0.15) is 0 Å². The number of alkyl halides is 1. The molecule has 1 aromatic carbocycles. The predicted molar refractivity (Wildman–Crippen MR) is 57.0 cm³/mol. The summed E-state index contributed by atoms with van der Waals surface area (Å²) in [6, 6.07) is 9.47. The van der Waals surface area contributed by atoms with Crippen LogP contribution in [0, 0.1) is 5.41 Å². The third-order valence-corrected chi connectivity index (χ3v) is 2.90. The molecule has 4 heteroatoms. The van der Waals surface area contributed by atoms with E-state index in [1.54, 1.807) is 6.92 Å². The SMILES string of the molecule is CC1(C(=O)NOCc2ccccc2)CC1F. The number of hydrogen-bond acceptors (Lipinski definition) is 2. The molecule has 2 atom stereocenters. The van der Waals surface area contributed by atoms with Crippen LogP contribution in [-0.4, -0.2) is 12.1 Å². The third kappa shape index (κ3) is 2.22. The maximum Gasteiger partial charge on any atom is 0.252 e. The van der Waals surface area contributed by atoms with Gasteiger partial charge in [-0.1, -0.05) is 30.3 Å². The van der Waals surface area contributed by atoms with Gasteiger partial charge in [0, 0.05) is 0 Å². The summed E-state index contributed by atoms with van der Waals surface area (Å²) in [4.78, 5) is 16.5. The molecule has 3 nitrogen and oxygen atoms in total. The van der Waals surface area contributed by atoms with E-state index in [2.05, 4.69) is 5.48 Å². The molecule has 0 radical (unpaired) electrons. The van der Waals surface area contributed by atoms with E-state index in [0.29, 0.717) is 6.61 Å². The number of carbonyl (C=O) groups is 1. The van der Waals surface area contributed by atoms with Crippen LogP contribution in [0.1, 0.15) is 18.9 Å². The van der Waals surface area contributed by atoms with Crippen molar-refractivity contribution in [2.45, 2.75) is 26.1 Å². The van der Waals surface area contributed by atoms with Crippen molar-refractivity contribution in [3.8, 4) is 0 Å². The van der Waals surface area contributed by atoms with Crippen LogP contribution >= 0.6 is 0 Å². The van der Waals surface area contributed by atoms with Crippen LogP contribution in [0.15, 0.2) is 30.3 Å². The molecule has 0 aliphatic heterocycles. The largest absolute Gasteiger partial charge is 0.272 e. The average molecular weight is 223 g/mol. The number of nitrogens with one attached hydrogen (secondary N) is 1. The highest BCUT2D eigenvalue weighted by molar-refractivity contribution is 5.85. The molecule has 0 heterocycles. The zero-order valence-corrected chi connectivity index (χ0v) is 9.07. The molecule has 2 unspecified atom stereocenters. The van der Waals surface area contributed by atoms with E-state index < -0.39 is 11.6 Å². The van der Waals surface area contributed by atoms with Crippen LogP contribution in [0.3, 0.4) is 0 Å². The van der Waals surface area contributed by atoms with Gasteiger partial charge in [0.25, 0.3) is 5.91 Å². The summed E-state index contributed by atoms with van der Waals surface area (Å²) < 4.78 is 12.8. The number of amides is 1. The van der Waals surface area contributed by atoms with Crippen LogP contribution < -0.4 is 5.48 Å². The minimum absolute atomic E-state index is 0.285. The molecule has 1 N–H and O–H groups in total. The normalized spacial score (nSPS) is 27.5. The number of hydrogen-bond donors (Lipinski definition) is 1. The standard InChI is InChI=1S/C12H14FNO2/c1-12(7-10(12)13)11(15)14-16-8-9-5-3-2-4-6-9/h2-6,10H,7-8H2,1H3,(H,14,15). The Morgan fingerprint density at radius 1 is 1.56 bits per heavy atom. The molecule has 1 fully saturated rings. The molecule has 1 saturated carbocycles. The minimum Gasteiger partial charge on any atom is -0.272 e. The molecule has 1 aromatic rings. The number of halogens is 1. The summed E-state index contributed by atoms with van der Waals surface area (Å²) in [5, 5.41) is 0. The maximum atomic E-state index is 12.8. The lowest BCUT2D eigenvalue weighted by Crippen LogP contribution is -2.31. The minimum atomic E-state index is -1.03. The van der Waals surface area contributed by atoms with E-state index in [1.165, 1.54) is 0 Å². The highest BCUT2D eigenvalue weighted by Gasteiger charge is 2.57. The summed E-state index contributed by atoms with van der Waals surface area (Å²) in [7, 11) is 0. The van der Waals surface area contributed by atoms with Crippen LogP contribution in [0.4, 0.5) is 4.39 Å². The zero-order chi connectivity index (χ0) is 11.6. The van der Waals surface area contributed by atoms with Gasteiger partial charge >= 0.3 is 0 Å². The van der Waals surface area contributed by atoms with Crippen molar-refractivity contribution < 1.29 is 14.0 Å². The third-order valence-electron chi connectivity index (χ3n) is 2.90. The number of hydroxylamine groups is 1. The molecule has 0 bridgehead atoms. The Hall–Kier alpha value is -1.42. The number of carbonyl (C=O) groups excluding carboxylic acids is 1. The van der Waals surface area contributed by atoms with Gasteiger partial charge in [0.2, 0.25) is 0 Å². The van der Waals surface area contributed by atoms with E-state index in [1.807, 2.05) is 30.3 Å². The van der Waals surface area contributed by atoms with Crippen molar-refractivity contribution in [1.29, 1.82) is 0 Å². The van der Waals surface area contributed by atoms with Gasteiger partial charge in [-0.05, 0) is 18.9 Å². The fourth-order valence-corrected chi connectivity index (χ4v) is 1.42. The zero-order valence-electron chi connectivity index (χ0n) is 9.07. The fraction of sp³-hybridized carbons (Fsp3) is 0.417. The van der Waals surface area contributed by atoms with Crippen molar-refractivity contribution in [3.05, 3.63) is 35.9 Å². The highest BCUT2D eigenvalue weighted by Crippen LogP contribution is 2.48. The maximum absolute atomic E-state index is 12.8. The first-order valence-corrected chi connectivity index (χ1v) is 5.23. The lowest BCUT2D eigenvalue weighted by Gasteiger charge is -2.09. The van der Waals surface area contributed by atoms with Gasteiger partial charge in [0.15, 0.2) is 0 Å². The second-order valence-electron chi connectivity index (χ2n) is 4.29. The highest BCUT2D eigenvalue weighted by atomic mass is 19.1. The van der Waals surface area contributed by atoms with E-state index in [4.69, 9.17) is 4.84 Å². The lowest BCUT2D eigenvalue weighted by molar-refractivity contribution is -0.140. The summed E-state index contributed by atoms with van der Waals surface area (Å²) in [5.41, 5.74) is 2.37. The second kappa shape index (κ2) is 4.22. The average Bonchev–Trinajstić information content (AvgIpc) is 2.90. The summed E-state index contributed by atoms with van der Waals surface area (Å²) >= 11 is 0. The molecule has 1 aliphatic carbocycles. The van der Waals surface area contributed by atoms with E-state index in [0.717, 1.165) is 5.56 Å². The van der Waals surface area contributed by atoms with Gasteiger partial charge in [-0.25, -0.2) is 9.87 Å². The molecule has 86 valence electrons. The molecular formula is C12H14FNO2. The molecule has 0 spiro atoms. The molecule has 0 aromatic heterocycles. The van der Waals surface area contributed by atoms with Gasteiger partial charge in [-0.15, -0.1) is 0 Å². The van der Waals surface area contributed by atoms with Gasteiger partial charge in [0.1, 0.15) is 6.17 Å². The Balaban J connectivity index is 1.75. The summed E-state index contributed by atoms with van der Waals surface area (Å²) in [6.45, 7) is 1.89. The van der Waals surface area contributed by atoms with Crippen molar-refractivity contribution in [3.63, 3.8) is 0 Å². The second-order valence-corrected chi connectivity index (χ2v) is 4.29. The molecule has 16 heavy (non-hydrogen) atoms. The Labute approximate surface area is 93.6 Å². The predicted octanol–water partition coefficient (Wildman–Crippen LogP) is 1.98. The van der Waals surface area contributed by atoms with E-state index in [-0.39, 0.29) is 12.3 Å². The number of benzene rings is 1. The Morgan fingerprint density at radius 2 is 2.19 bits per heavy atom. The van der Waals surface area contributed by atoms with Gasteiger partial charge in [0.05, 0.1) is 12.0 Å². The molecule has 1 aliphatic rings. The number of rotatable bonds is 4. The Kier molecular flexibility index (Phi) is 2.92. The first-order valence-electron chi connectivity index (χ1n) is 5.23. The monoisotopic (exact) mass is 223 g/mol.